The van der Waals surface area contributed by atoms with Gasteiger partial charge >= 0.3 is 0 Å². The van der Waals surface area contributed by atoms with E-state index in [1.165, 1.54) is 0 Å². The van der Waals surface area contributed by atoms with Crippen LogP contribution < -0.4 is 9.47 Å². The van der Waals surface area contributed by atoms with Gasteiger partial charge in [-0.15, -0.1) is 0 Å². The molecule has 1 N–H and O–H groups in total. The van der Waals surface area contributed by atoms with E-state index < -0.39 is 6.10 Å². The number of aromatic nitrogens is 1. The average molecular weight is 273 g/mol. The third-order valence-electron chi connectivity index (χ3n) is 2.76. The molecular formula is C16H19NO3. The maximum absolute atomic E-state index is 9.41. The number of rotatable bonds is 6. The van der Waals surface area contributed by atoms with Gasteiger partial charge in [0.2, 0.25) is 5.88 Å². The van der Waals surface area contributed by atoms with Crippen LogP contribution in [0, 0.1) is 0 Å². The standard InChI is InChI=1S/C16H19NO3/c1-3-10-19-14-5-7-15(8-6-14)20-16-9-4-13(11-17-16)12(2)18/h4-9,11-12,18H,3,10H2,1-2H3/t12-/m0/s1. The minimum Gasteiger partial charge on any atom is -0.494 e. The number of ether oxygens (including phenoxy) is 2. The van der Waals surface area contributed by atoms with Crippen molar-refractivity contribution in [3.8, 4) is 17.4 Å². The predicted octanol–water partition coefficient (Wildman–Crippen LogP) is 3.72. The predicted molar refractivity (Wildman–Crippen MR) is 77.2 cm³/mol. The molecule has 1 aromatic heterocycles. The Hall–Kier alpha value is -2.07. The smallest absolute Gasteiger partial charge is 0.219 e. The molecule has 0 radical (unpaired) electrons. The topological polar surface area (TPSA) is 51.6 Å². The molecule has 20 heavy (non-hydrogen) atoms. The Labute approximate surface area is 119 Å². The highest BCUT2D eigenvalue weighted by atomic mass is 16.5. The largest absolute Gasteiger partial charge is 0.494 e. The van der Waals surface area contributed by atoms with Gasteiger partial charge in [0.05, 0.1) is 12.7 Å². The molecule has 0 aliphatic heterocycles. The summed E-state index contributed by atoms with van der Waals surface area (Å²) in [4.78, 5) is 4.15. The monoisotopic (exact) mass is 273 g/mol. The summed E-state index contributed by atoms with van der Waals surface area (Å²) in [6.07, 6.45) is 2.07. The summed E-state index contributed by atoms with van der Waals surface area (Å²) in [6.45, 7) is 4.48. The van der Waals surface area contributed by atoms with Gasteiger partial charge in [0, 0.05) is 12.3 Å². The molecule has 2 aromatic rings. The molecule has 4 nitrogen and oxygen atoms in total. The van der Waals surface area contributed by atoms with Gasteiger partial charge in [-0.1, -0.05) is 6.92 Å². The van der Waals surface area contributed by atoms with Crippen molar-refractivity contribution in [3.05, 3.63) is 48.2 Å². The SMILES string of the molecule is CCCOc1ccc(Oc2ccc([C@H](C)O)cn2)cc1. The van der Waals surface area contributed by atoms with Crippen LogP contribution in [0.3, 0.4) is 0 Å². The zero-order chi connectivity index (χ0) is 14.4. The van der Waals surface area contributed by atoms with Gasteiger partial charge in [0.25, 0.3) is 0 Å². The lowest BCUT2D eigenvalue weighted by Gasteiger charge is -2.08. The van der Waals surface area contributed by atoms with Crippen molar-refractivity contribution < 1.29 is 14.6 Å². The maximum atomic E-state index is 9.41. The van der Waals surface area contributed by atoms with Crippen LogP contribution in [0.2, 0.25) is 0 Å². The van der Waals surface area contributed by atoms with Crippen molar-refractivity contribution in [2.45, 2.75) is 26.4 Å². The van der Waals surface area contributed by atoms with E-state index in [9.17, 15) is 5.11 Å². The molecule has 106 valence electrons. The molecule has 0 saturated heterocycles. The lowest BCUT2D eigenvalue weighted by molar-refractivity contribution is 0.198. The van der Waals surface area contributed by atoms with E-state index in [4.69, 9.17) is 9.47 Å². The number of hydrogen-bond donors (Lipinski definition) is 1. The Morgan fingerprint density at radius 2 is 1.80 bits per heavy atom. The highest BCUT2D eigenvalue weighted by Crippen LogP contribution is 2.23. The van der Waals surface area contributed by atoms with E-state index in [-0.39, 0.29) is 0 Å². The van der Waals surface area contributed by atoms with Gasteiger partial charge in [-0.25, -0.2) is 4.98 Å². The first-order chi connectivity index (χ1) is 9.69. The number of benzene rings is 1. The molecule has 0 amide bonds. The van der Waals surface area contributed by atoms with Crippen molar-refractivity contribution >= 4 is 0 Å². The molecule has 1 atom stereocenters. The summed E-state index contributed by atoms with van der Waals surface area (Å²) in [5.41, 5.74) is 0.765. The van der Waals surface area contributed by atoms with Crippen molar-refractivity contribution in [2.24, 2.45) is 0 Å². The van der Waals surface area contributed by atoms with E-state index in [2.05, 4.69) is 11.9 Å². The second-order valence-corrected chi connectivity index (χ2v) is 4.53. The molecule has 1 heterocycles. The van der Waals surface area contributed by atoms with Gasteiger partial charge in [-0.3, -0.25) is 0 Å². The first-order valence-electron chi connectivity index (χ1n) is 6.73. The third-order valence-corrected chi connectivity index (χ3v) is 2.76. The summed E-state index contributed by atoms with van der Waals surface area (Å²) in [6, 6.07) is 11.0. The number of hydrogen-bond acceptors (Lipinski definition) is 4. The van der Waals surface area contributed by atoms with Gasteiger partial charge in [0.1, 0.15) is 11.5 Å². The summed E-state index contributed by atoms with van der Waals surface area (Å²) in [7, 11) is 0. The second kappa shape index (κ2) is 6.91. The number of nitrogens with zero attached hydrogens (tertiary/aromatic N) is 1. The summed E-state index contributed by atoms with van der Waals surface area (Å²) >= 11 is 0. The molecule has 0 unspecified atom stereocenters. The van der Waals surface area contributed by atoms with Gasteiger partial charge in [-0.2, -0.15) is 0 Å². The van der Waals surface area contributed by atoms with Crippen LogP contribution >= 0.6 is 0 Å². The third kappa shape index (κ3) is 3.96. The first-order valence-corrected chi connectivity index (χ1v) is 6.73. The molecule has 1 aromatic carbocycles. The quantitative estimate of drug-likeness (QED) is 0.871. The zero-order valence-electron chi connectivity index (χ0n) is 11.7. The van der Waals surface area contributed by atoms with Gasteiger partial charge in [-0.05, 0) is 49.2 Å². The number of aliphatic hydroxyl groups is 1. The normalized spacial score (nSPS) is 11.9. The average Bonchev–Trinajstić information content (AvgIpc) is 2.47. The zero-order valence-corrected chi connectivity index (χ0v) is 11.7. The van der Waals surface area contributed by atoms with Crippen LogP contribution in [0.15, 0.2) is 42.6 Å². The van der Waals surface area contributed by atoms with Crippen molar-refractivity contribution in [2.75, 3.05) is 6.61 Å². The van der Waals surface area contributed by atoms with Crippen LogP contribution in [0.1, 0.15) is 31.9 Å². The Morgan fingerprint density at radius 1 is 1.10 bits per heavy atom. The fourth-order valence-electron chi connectivity index (χ4n) is 1.64. The highest BCUT2D eigenvalue weighted by Gasteiger charge is 2.03. The lowest BCUT2D eigenvalue weighted by Crippen LogP contribution is -1.95. The fourth-order valence-corrected chi connectivity index (χ4v) is 1.64. The molecule has 2 rings (SSSR count). The van der Waals surface area contributed by atoms with E-state index in [1.807, 2.05) is 24.3 Å². The maximum Gasteiger partial charge on any atom is 0.219 e. The Bertz CT molecular complexity index is 520. The molecule has 0 bridgehead atoms. The Kier molecular flexibility index (Phi) is 4.96. The second-order valence-electron chi connectivity index (χ2n) is 4.53. The van der Waals surface area contributed by atoms with Crippen LogP contribution in [-0.2, 0) is 0 Å². The van der Waals surface area contributed by atoms with Crippen LogP contribution in [0.4, 0.5) is 0 Å². The molecule has 0 fully saturated rings. The summed E-state index contributed by atoms with van der Waals surface area (Å²) in [5.74, 6) is 2.03. The first kappa shape index (κ1) is 14.3. The van der Waals surface area contributed by atoms with Gasteiger partial charge in [0.15, 0.2) is 0 Å². The van der Waals surface area contributed by atoms with Crippen molar-refractivity contribution in [3.63, 3.8) is 0 Å². The van der Waals surface area contributed by atoms with Gasteiger partial charge < -0.3 is 14.6 Å². The molecule has 0 aliphatic rings. The van der Waals surface area contributed by atoms with E-state index in [1.54, 1.807) is 25.3 Å². The molecule has 0 saturated carbocycles. The molecule has 0 aliphatic carbocycles. The number of pyridine rings is 1. The highest BCUT2D eigenvalue weighted by molar-refractivity contribution is 5.33. The van der Waals surface area contributed by atoms with Crippen molar-refractivity contribution in [1.29, 1.82) is 0 Å². The minimum absolute atomic E-state index is 0.497. The Morgan fingerprint density at radius 3 is 2.35 bits per heavy atom. The number of aliphatic hydroxyl groups excluding tert-OH is 1. The van der Waals surface area contributed by atoms with Crippen LogP contribution in [0.25, 0.3) is 0 Å². The molecule has 0 spiro atoms. The molecule has 4 heteroatoms. The van der Waals surface area contributed by atoms with E-state index >= 15 is 0 Å². The van der Waals surface area contributed by atoms with Crippen LogP contribution in [-0.4, -0.2) is 16.7 Å². The molecular weight excluding hydrogens is 254 g/mol. The van der Waals surface area contributed by atoms with Crippen LogP contribution in [0.5, 0.6) is 17.4 Å². The van der Waals surface area contributed by atoms with E-state index in [0.29, 0.717) is 18.2 Å². The lowest BCUT2D eigenvalue weighted by atomic mass is 10.2. The Balaban J connectivity index is 1.98. The summed E-state index contributed by atoms with van der Waals surface area (Å²) in [5, 5.41) is 9.41. The van der Waals surface area contributed by atoms with E-state index in [0.717, 1.165) is 17.7 Å². The minimum atomic E-state index is -0.522. The summed E-state index contributed by atoms with van der Waals surface area (Å²) < 4.78 is 11.1. The van der Waals surface area contributed by atoms with Crippen molar-refractivity contribution in [1.82, 2.24) is 4.98 Å². The fraction of sp³-hybridized carbons (Fsp3) is 0.312.